The Labute approximate surface area is 158 Å². The van der Waals surface area contributed by atoms with Gasteiger partial charge in [0.25, 0.3) is 0 Å². The number of hydrogen-bond donors (Lipinski definition) is 2. The van der Waals surface area contributed by atoms with Crippen LogP contribution in [0.4, 0.5) is 4.79 Å². The minimum atomic E-state index is -0.855. The second-order valence-corrected chi connectivity index (χ2v) is 7.12. The molecule has 1 saturated heterocycles. The molecule has 0 aliphatic carbocycles. The molecule has 6 heteroatoms. The van der Waals surface area contributed by atoms with Crippen LogP contribution in [0.1, 0.15) is 18.9 Å². The molecule has 1 heterocycles. The van der Waals surface area contributed by atoms with Gasteiger partial charge in [-0.3, -0.25) is 4.79 Å². The SMILES string of the molecule is COc1ccc(-c2ccc(CNC(=O)N3CCC(C)(C(=O)O)C3)cc2)cc1. The van der Waals surface area contributed by atoms with Crippen molar-refractivity contribution in [2.45, 2.75) is 19.9 Å². The van der Waals surface area contributed by atoms with Crippen LogP contribution in [0.2, 0.25) is 0 Å². The summed E-state index contributed by atoms with van der Waals surface area (Å²) < 4.78 is 5.17. The van der Waals surface area contributed by atoms with E-state index in [1.165, 1.54) is 0 Å². The summed E-state index contributed by atoms with van der Waals surface area (Å²) in [5, 5.41) is 12.1. The maximum absolute atomic E-state index is 12.3. The highest BCUT2D eigenvalue weighted by molar-refractivity contribution is 5.79. The molecule has 2 amide bonds. The van der Waals surface area contributed by atoms with Crippen molar-refractivity contribution in [3.63, 3.8) is 0 Å². The Balaban J connectivity index is 1.55. The van der Waals surface area contributed by atoms with E-state index in [1.807, 2.05) is 48.5 Å². The van der Waals surface area contributed by atoms with Gasteiger partial charge in [0, 0.05) is 19.6 Å². The van der Waals surface area contributed by atoms with Crippen molar-refractivity contribution in [2.24, 2.45) is 5.41 Å². The number of rotatable bonds is 5. The molecule has 0 bridgehead atoms. The second kappa shape index (κ2) is 7.70. The first-order valence-electron chi connectivity index (χ1n) is 8.91. The van der Waals surface area contributed by atoms with E-state index in [0.717, 1.165) is 22.4 Å². The molecular formula is C21H24N2O4. The zero-order chi connectivity index (χ0) is 19.4. The van der Waals surface area contributed by atoms with E-state index >= 15 is 0 Å². The van der Waals surface area contributed by atoms with Gasteiger partial charge in [0.1, 0.15) is 5.75 Å². The van der Waals surface area contributed by atoms with Crippen LogP contribution in [0, 0.1) is 5.41 Å². The molecule has 0 aromatic heterocycles. The molecule has 0 radical (unpaired) electrons. The quantitative estimate of drug-likeness (QED) is 0.848. The van der Waals surface area contributed by atoms with E-state index in [9.17, 15) is 14.7 Å². The average Bonchev–Trinajstić information content (AvgIpc) is 3.10. The van der Waals surface area contributed by atoms with Crippen LogP contribution in [-0.4, -0.2) is 42.2 Å². The fourth-order valence-electron chi connectivity index (χ4n) is 3.20. The standard InChI is InChI=1S/C21H24N2O4/c1-21(19(24)25)11-12-23(14-21)20(26)22-13-15-3-5-16(6-4-15)17-7-9-18(27-2)10-8-17/h3-10H,11-14H2,1-2H3,(H,22,26)(H,24,25). The molecule has 6 nitrogen and oxygen atoms in total. The Morgan fingerprint density at radius 1 is 1.11 bits per heavy atom. The number of methoxy groups -OCH3 is 1. The Hall–Kier alpha value is -3.02. The van der Waals surface area contributed by atoms with Crippen molar-refractivity contribution in [2.75, 3.05) is 20.2 Å². The summed E-state index contributed by atoms with van der Waals surface area (Å²) in [6.07, 6.45) is 0.478. The third-order valence-electron chi connectivity index (χ3n) is 5.10. The number of urea groups is 1. The monoisotopic (exact) mass is 368 g/mol. The van der Waals surface area contributed by atoms with Crippen molar-refractivity contribution in [3.8, 4) is 16.9 Å². The Morgan fingerprint density at radius 3 is 2.22 bits per heavy atom. The van der Waals surface area contributed by atoms with E-state index in [0.29, 0.717) is 19.5 Å². The molecular weight excluding hydrogens is 344 g/mol. The van der Waals surface area contributed by atoms with Crippen LogP contribution in [0.3, 0.4) is 0 Å². The minimum absolute atomic E-state index is 0.223. The number of benzene rings is 2. The lowest BCUT2D eigenvalue weighted by atomic mass is 9.90. The molecule has 2 aromatic rings. The smallest absolute Gasteiger partial charge is 0.317 e. The van der Waals surface area contributed by atoms with Crippen LogP contribution >= 0.6 is 0 Å². The topological polar surface area (TPSA) is 78.9 Å². The van der Waals surface area contributed by atoms with E-state index in [-0.39, 0.29) is 12.6 Å². The number of ether oxygens (including phenoxy) is 1. The Bertz CT molecular complexity index is 817. The molecule has 1 atom stereocenters. The van der Waals surface area contributed by atoms with Gasteiger partial charge in [-0.15, -0.1) is 0 Å². The van der Waals surface area contributed by atoms with Gasteiger partial charge in [0.15, 0.2) is 0 Å². The van der Waals surface area contributed by atoms with E-state index in [1.54, 1.807) is 18.9 Å². The van der Waals surface area contributed by atoms with Crippen molar-refractivity contribution < 1.29 is 19.4 Å². The summed E-state index contributed by atoms with van der Waals surface area (Å²) in [5.41, 5.74) is 2.32. The first-order valence-corrected chi connectivity index (χ1v) is 8.91. The van der Waals surface area contributed by atoms with E-state index in [2.05, 4.69) is 5.32 Å². The molecule has 0 spiro atoms. The highest BCUT2D eigenvalue weighted by Crippen LogP contribution is 2.30. The van der Waals surface area contributed by atoms with Crippen LogP contribution in [0.15, 0.2) is 48.5 Å². The lowest BCUT2D eigenvalue weighted by Crippen LogP contribution is -2.40. The van der Waals surface area contributed by atoms with Crippen LogP contribution in [-0.2, 0) is 11.3 Å². The van der Waals surface area contributed by atoms with Crippen molar-refractivity contribution in [3.05, 3.63) is 54.1 Å². The number of likely N-dealkylation sites (tertiary alicyclic amines) is 1. The summed E-state index contributed by atoms with van der Waals surface area (Å²) in [6.45, 7) is 2.79. The van der Waals surface area contributed by atoms with Crippen molar-refractivity contribution in [1.29, 1.82) is 0 Å². The van der Waals surface area contributed by atoms with E-state index in [4.69, 9.17) is 4.74 Å². The highest BCUT2D eigenvalue weighted by atomic mass is 16.5. The maximum Gasteiger partial charge on any atom is 0.317 e. The minimum Gasteiger partial charge on any atom is -0.497 e. The number of carboxylic acids is 1. The molecule has 3 rings (SSSR count). The first-order chi connectivity index (χ1) is 12.9. The third-order valence-corrected chi connectivity index (χ3v) is 5.10. The van der Waals surface area contributed by atoms with Gasteiger partial charge in [-0.05, 0) is 42.2 Å². The molecule has 2 N–H and O–H groups in total. The number of carboxylic acid groups (broad SMARTS) is 1. The molecule has 1 aliphatic heterocycles. The molecule has 2 aromatic carbocycles. The summed E-state index contributed by atoms with van der Waals surface area (Å²) in [5.74, 6) is -0.0362. The fourth-order valence-corrected chi connectivity index (χ4v) is 3.20. The first kappa shape index (κ1) is 18.8. The number of carbonyl (C=O) groups excluding carboxylic acids is 1. The predicted molar refractivity (Wildman–Crippen MR) is 103 cm³/mol. The maximum atomic E-state index is 12.3. The largest absolute Gasteiger partial charge is 0.497 e. The molecule has 27 heavy (non-hydrogen) atoms. The molecule has 1 fully saturated rings. The molecule has 142 valence electrons. The number of amides is 2. The number of nitrogens with one attached hydrogen (secondary N) is 1. The zero-order valence-electron chi connectivity index (χ0n) is 15.6. The average molecular weight is 368 g/mol. The van der Waals surface area contributed by atoms with Crippen molar-refractivity contribution in [1.82, 2.24) is 10.2 Å². The van der Waals surface area contributed by atoms with Gasteiger partial charge in [0.05, 0.1) is 12.5 Å². The second-order valence-electron chi connectivity index (χ2n) is 7.12. The lowest BCUT2D eigenvalue weighted by molar-refractivity contribution is -0.147. The normalized spacial score (nSPS) is 19.0. The van der Waals surface area contributed by atoms with Crippen LogP contribution < -0.4 is 10.1 Å². The molecule has 1 unspecified atom stereocenters. The fraction of sp³-hybridized carbons (Fsp3) is 0.333. The van der Waals surface area contributed by atoms with Gasteiger partial charge in [0.2, 0.25) is 0 Å². The third kappa shape index (κ3) is 4.22. The summed E-state index contributed by atoms with van der Waals surface area (Å²) >= 11 is 0. The number of aliphatic carboxylic acids is 1. The number of hydrogen-bond acceptors (Lipinski definition) is 3. The summed E-state index contributed by atoms with van der Waals surface area (Å²) in [6, 6.07) is 15.6. The number of carbonyl (C=O) groups is 2. The molecule has 0 saturated carbocycles. The van der Waals surface area contributed by atoms with Gasteiger partial charge >= 0.3 is 12.0 Å². The van der Waals surface area contributed by atoms with Gasteiger partial charge in [-0.2, -0.15) is 0 Å². The van der Waals surface area contributed by atoms with Gasteiger partial charge in [-0.1, -0.05) is 36.4 Å². The Morgan fingerprint density at radius 2 is 1.70 bits per heavy atom. The van der Waals surface area contributed by atoms with Gasteiger partial charge < -0.3 is 20.1 Å². The molecule has 1 aliphatic rings. The van der Waals surface area contributed by atoms with Crippen LogP contribution in [0.25, 0.3) is 11.1 Å². The Kier molecular flexibility index (Phi) is 5.35. The van der Waals surface area contributed by atoms with E-state index < -0.39 is 11.4 Å². The lowest BCUT2D eigenvalue weighted by Gasteiger charge is -2.20. The summed E-state index contributed by atoms with van der Waals surface area (Å²) in [4.78, 5) is 25.1. The van der Waals surface area contributed by atoms with Gasteiger partial charge in [-0.25, -0.2) is 4.79 Å². The highest BCUT2D eigenvalue weighted by Gasteiger charge is 2.42. The van der Waals surface area contributed by atoms with Crippen molar-refractivity contribution >= 4 is 12.0 Å². The van der Waals surface area contributed by atoms with Crippen LogP contribution in [0.5, 0.6) is 5.75 Å². The number of nitrogens with zero attached hydrogens (tertiary/aromatic N) is 1. The predicted octanol–water partition coefficient (Wildman–Crippen LogP) is 3.37. The zero-order valence-corrected chi connectivity index (χ0v) is 15.6. The summed E-state index contributed by atoms with van der Waals surface area (Å²) in [7, 11) is 1.64.